The minimum Gasteiger partial charge on any atom is -0.393 e. The van der Waals surface area contributed by atoms with E-state index in [1.165, 1.54) is 5.56 Å². The minimum atomic E-state index is -0.0269. The maximum absolute atomic E-state index is 8.65. The van der Waals surface area contributed by atoms with Crippen LogP contribution in [0.5, 0.6) is 0 Å². The van der Waals surface area contributed by atoms with E-state index in [0.717, 1.165) is 16.8 Å². The van der Waals surface area contributed by atoms with Crippen molar-refractivity contribution in [2.24, 2.45) is 5.16 Å². The summed E-state index contributed by atoms with van der Waals surface area (Å²) >= 11 is 0. The van der Waals surface area contributed by atoms with E-state index >= 15 is 0 Å². The van der Waals surface area contributed by atoms with Gasteiger partial charge in [-0.25, -0.2) is 0 Å². The normalized spacial score (nSPS) is 11.4. The Bertz CT molecular complexity index is 550. The van der Waals surface area contributed by atoms with E-state index in [1.54, 1.807) is 0 Å². The molecule has 0 saturated heterocycles. The van der Waals surface area contributed by atoms with Crippen molar-refractivity contribution in [1.82, 2.24) is 0 Å². The first-order valence-electron chi connectivity index (χ1n) is 6.24. The van der Waals surface area contributed by atoms with Crippen LogP contribution in [-0.4, -0.2) is 24.0 Å². The zero-order valence-electron chi connectivity index (χ0n) is 10.9. The summed E-state index contributed by atoms with van der Waals surface area (Å²) in [4.78, 5) is 4.98. The number of aliphatic hydroxyl groups is 1. The van der Waals surface area contributed by atoms with Crippen LogP contribution >= 0.6 is 0 Å². The maximum atomic E-state index is 8.65. The van der Waals surface area contributed by atoms with Gasteiger partial charge in [0, 0.05) is 0 Å². The number of oxime groups is 1. The van der Waals surface area contributed by atoms with Gasteiger partial charge in [-0.1, -0.05) is 53.7 Å². The van der Waals surface area contributed by atoms with Gasteiger partial charge in [-0.3, -0.25) is 0 Å². The molecule has 2 aromatic carbocycles. The SMILES string of the molecule is C/C(=N/OCCO)c1cccc(-c2ccccc2)c1. The van der Waals surface area contributed by atoms with Crippen LogP contribution in [0.4, 0.5) is 0 Å². The molecule has 0 amide bonds. The number of aliphatic hydroxyl groups excluding tert-OH is 1. The smallest absolute Gasteiger partial charge is 0.140 e. The molecule has 0 bridgehead atoms. The fraction of sp³-hybridized carbons (Fsp3) is 0.188. The summed E-state index contributed by atoms with van der Waals surface area (Å²) in [5.41, 5.74) is 4.13. The molecule has 0 radical (unpaired) electrons. The molecule has 2 rings (SSSR count). The van der Waals surface area contributed by atoms with E-state index in [-0.39, 0.29) is 13.2 Å². The zero-order chi connectivity index (χ0) is 13.5. The van der Waals surface area contributed by atoms with E-state index in [0.29, 0.717) is 0 Å². The molecule has 98 valence electrons. The number of benzene rings is 2. The molecule has 0 aromatic heterocycles. The molecular formula is C16H17NO2. The monoisotopic (exact) mass is 255 g/mol. The fourth-order valence-corrected chi connectivity index (χ4v) is 1.79. The molecule has 0 spiro atoms. The molecule has 0 aliphatic carbocycles. The van der Waals surface area contributed by atoms with E-state index in [1.807, 2.05) is 37.3 Å². The fourth-order valence-electron chi connectivity index (χ4n) is 1.79. The van der Waals surface area contributed by atoms with Gasteiger partial charge in [0.25, 0.3) is 0 Å². The summed E-state index contributed by atoms with van der Waals surface area (Å²) in [6, 6.07) is 18.3. The second-order valence-electron chi connectivity index (χ2n) is 4.18. The second-order valence-corrected chi connectivity index (χ2v) is 4.18. The zero-order valence-corrected chi connectivity index (χ0v) is 10.9. The largest absolute Gasteiger partial charge is 0.393 e. The molecule has 19 heavy (non-hydrogen) atoms. The lowest BCUT2D eigenvalue weighted by Crippen LogP contribution is -1.99. The first-order chi connectivity index (χ1) is 9.31. The van der Waals surface area contributed by atoms with Crippen LogP contribution in [0.15, 0.2) is 59.8 Å². The van der Waals surface area contributed by atoms with Gasteiger partial charge in [0.1, 0.15) is 6.61 Å². The lowest BCUT2D eigenvalue weighted by atomic mass is 10.0. The highest BCUT2D eigenvalue weighted by Gasteiger charge is 2.01. The molecule has 1 N–H and O–H groups in total. The highest BCUT2D eigenvalue weighted by Crippen LogP contribution is 2.20. The third kappa shape index (κ3) is 3.66. The van der Waals surface area contributed by atoms with E-state index in [9.17, 15) is 0 Å². The van der Waals surface area contributed by atoms with E-state index in [4.69, 9.17) is 9.94 Å². The summed E-state index contributed by atoms with van der Waals surface area (Å²) in [6.45, 7) is 2.08. The van der Waals surface area contributed by atoms with Gasteiger partial charge >= 0.3 is 0 Å². The van der Waals surface area contributed by atoms with E-state index < -0.39 is 0 Å². The highest BCUT2D eigenvalue weighted by atomic mass is 16.6. The Morgan fingerprint density at radius 3 is 2.53 bits per heavy atom. The maximum Gasteiger partial charge on any atom is 0.140 e. The van der Waals surface area contributed by atoms with Crippen molar-refractivity contribution >= 4 is 5.71 Å². The van der Waals surface area contributed by atoms with Gasteiger partial charge < -0.3 is 9.94 Å². The van der Waals surface area contributed by atoms with Gasteiger partial charge in [-0.2, -0.15) is 0 Å². The van der Waals surface area contributed by atoms with Crippen LogP contribution < -0.4 is 0 Å². The highest BCUT2D eigenvalue weighted by molar-refractivity contribution is 5.99. The predicted molar refractivity (Wildman–Crippen MR) is 77.1 cm³/mol. The molecular weight excluding hydrogens is 238 g/mol. The molecule has 3 nitrogen and oxygen atoms in total. The third-order valence-electron chi connectivity index (χ3n) is 2.77. The Morgan fingerprint density at radius 2 is 1.79 bits per heavy atom. The summed E-state index contributed by atoms with van der Waals surface area (Å²) in [7, 11) is 0. The molecule has 0 aliphatic rings. The number of hydrogen-bond donors (Lipinski definition) is 1. The van der Waals surface area contributed by atoms with Crippen molar-refractivity contribution in [3.8, 4) is 11.1 Å². The van der Waals surface area contributed by atoms with Crippen LogP contribution in [0.1, 0.15) is 12.5 Å². The number of hydrogen-bond acceptors (Lipinski definition) is 3. The van der Waals surface area contributed by atoms with Gasteiger partial charge in [-0.15, -0.1) is 0 Å². The van der Waals surface area contributed by atoms with Gasteiger partial charge in [0.15, 0.2) is 0 Å². The predicted octanol–water partition coefficient (Wildman–Crippen LogP) is 3.09. The van der Waals surface area contributed by atoms with Crippen LogP contribution in [0.25, 0.3) is 11.1 Å². The average Bonchev–Trinajstić information content (AvgIpc) is 2.48. The van der Waals surface area contributed by atoms with E-state index in [2.05, 4.69) is 29.4 Å². The van der Waals surface area contributed by atoms with Crippen molar-refractivity contribution in [2.45, 2.75) is 6.92 Å². The van der Waals surface area contributed by atoms with Crippen molar-refractivity contribution in [3.63, 3.8) is 0 Å². The van der Waals surface area contributed by atoms with Crippen molar-refractivity contribution in [2.75, 3.05) is 13.2 Å². The average molecular weight is 255 g/mol. The Balaban J connectivity index is 2.22. The molecule has 0 aliphatic heterocycles. The number of nitrogens with zero attached hydrogens (tertiary/aromatic N) is 1. The first kappa shape index (κ1) is 13.3. The van der Waals surface area contributed by atoms with Crippen molar-refractivity contribution in [3.05, 3.63) is 60.2 Å². The Labute approximate surface area is 113 Å². The number of rotatable bonds is 5. The van der Waals surface area contributed by atoms with Crippen molar-refractivity contribution in [1.29, 1.82) is 0 Å². The lowest BCUT2D eigenvalue weighted by Gasteiger charge is -2.05. The standard InChI is InChI=1S/C16H17NO2/c1-13(17-19-11-10-18)15-8-5-9-16(12-15)14-6-3-2-4-7-14/h2-9,12,18H,10-11H2,1H3/b17-13-. The lowest BCUT2D eigenvalue weighted by molar-refractivity contribution is 0.0986. The Morgan fingerprint density at radius 1 is 1.05 bits per heavy atom. The molecule has 2 aromatic rings. The summed E-state index contributed by atoms with van der Waals surface area (Å²) in [5.74, 6) is 0. The molecule has 0 unspecified atom stereocenters. The van der Waals surface area contributed by atoms with Crippen molar-refractivity contribution < 1.29 is 9.94 Å². The first-order valence-corrected chi connectivity index (χ1v) is 6.24. The topological polar surface area (TPSA) is 41.8 Å². The third-order valence-corrected chi connectivity index (χ3v) is 2.77. The quantitative estimate of drug-likeness (QED) is 0.507. The second kappa shape index (κ2) is 6.71. The molecule has 0 fully saturated rings. The summed E-state index contributed by atoms with van der Waals surface area (Å²) in [6.07, 6.45) is 0. The molecule has 3 heteroatoms. The van der Waals surface area contributed by atoms with Gasteiger partial charge in [-0.05, 0) is 29.7 Å². The van der Waals surface area contributed by atoms with Gasteiger partial charge in [0.2, 0.25) is 0 Å². The molecule has 0 heterocycles. The Kier molecular flexibility index (Phi) is 4.70. The summed E-state index contributed by atoms with van der Waals surface area (Å²) < 4.78 is 0. The van der Waals surface area contributed by atoms with Crippen LogP contribution in [-0.2, 0) is 4.84 Å². The summed E-state index contributed by atoms with van der Waals surface area (Å²) in [5, 5.41) is 12.6. The van der Waals surface area contributed by atoms with Gasteiger partial charge in [0.05, 0.1) is 12.3 Å². The van der Waals surface area contributed by atoms with Crippen LogP contribution in [0.3, 0.4) is 0 Å². The minimum absolute atomic E-state index is 0.0269. The molecule has 0 atom stereocenters. The van der Waals surface area contributed by atoms with Crippen LogP contribution in [0, 0.1) is 0 Å². The molecule has 0 saturated carbocycles. The van der Waals surface area contributed by atoms with Crippen LogP contribution in [0.2, 0.25) is 0 Å². The Hall–Kier alpha value is -2.13.